The van der Waals surface area contributed by atoms with Gasteiger partial charge in [-0.05, 0) is 19.3 Å². The fraction of sp³-hybridized carbons (Fsp3) is 0.909. The average Bonchev–Trinajstić information content (AvgIpc) is 2.80. The Labute approximate surface area is 95.3 Å². The molecule has 0 radical (unpaired) electrons. The molecule has 0 amide bonds. The van der Waals surface area contributed by atoms with Crippen molar-refractivity contribution in [1.82, 2.24) is 5.32 Å². The van der Waals surface area contributed by atoms with Crippen LogP contribution in [0.3, 0.4) is 0 Å². The van der Waals surface area contributed by atoms with Crippen molar-refractivity contribution < 1.29 is 9.53 Å². The highest BCUT2D eigenvalue weighted by atomic mass is 32.2. The van der Waals surface area contributed by atoms with Gasteiger partial charge in [0.15, 0.2) is 5.78 Å². The van der Waals surface area contributed by atoms with Gasteiger partial charge in [0, 0.05) is 31.1 Å². The third-order valence-corrected chi connectivity index (χ3v) is 4.11. The third kappa shape index (κ3) is 3.47. The molecule has 2 atom stereocenters. The summed E-state index contributed by atoms with van der Waals surface area (Å²) in [6.45, 7) is 1.86. The molecule has 0 spiro atoms. The van der Waals surface area contributed by atoms with Crippen molar-refractivity contribution in [3.05, 3.63) is 0 Å². The molecule has 2 unspecified atom stereocenters. The van der Waals surface area contributed by atoms with Gasteiger partial charge in [0.2, 0.25) is 0 Å². The zero-order valence-electron chi connectivity index (χ0n) is 9.04. The van der Waals surface area contributed by atoms with Crippen molar-refractivity contribution in [2.45, 2.75) is 37.8 Å². The van der Waals surface area contributed by atoms with Crippen LogP contribution in [0.15, 0.2) is 0 Å². The van der Waals surface area contributed by atoms with Crippen LogP contribution in [0.1, 0.15) is 25.7 Å². The highest BCUT2D eigenvalue weighted by Crippen LogP contribution is 2.18. The molecule has 0 aromatic carbocycles. The third-order valence-electron chi connectivity index (χ3n) is 3.05. The van der Waals surface area contributed by atoms with Crippen LogP contribution in [0.5, 0.6) is 0 Å². The Hall–Kier alpha value is -0.0600. The summed E-state index contributed by atoms with van der Waals surface area (Å²) in [7, 11) is 0. The molecule has 0 aromatic heterocycles. The van der Waals surface area contributed by atoms with Crippen LogP contribution in [0.4, 0.5) is 0 Å². The molecule has 2 aliphatic heterocycles. The Morgan fingerprint density at radius 3 is 3.13 bits per heavy atom. The van der Waals surface area contributed by atoms with Gasteiger partial charge >= 0.3 is 0 Å². The van der Waals surface area contributed by atoms with Crippen molar-refractivity contribution in [3.63, 3.8) is 0 Å². The lowest BCUT2D eigenvalue weighted by atomic mass is 10.0. The lowest BCUT2D eigenvalue weighted by Crippen LogP contribution is -2.43. The summed E-state index contributed by atoms with van der Waals surface area (Å²) >= 11 is 1.87. The molecule has 0 bridgehead atoms. The van der Waals surface area contributed by atoms with E-state index in [-0.39, 0.29) is 6.04 Å². The summed E-state index contributed by atoms with van der Waals surface area (Å²) in [6.07, 6.45) is 4.26. The predicted octanol–water partition coefficient (Wildman–Crippen LogP) is 1.22. The molecule has 0 saturated carbocycles. The van der Waals surface area contributed by atoms with E-state index < -0.39 is 0 Å². The van der Waals surface area contributed by atoms with Crippen LogP contribution in [0, 0.1) is 0 Å². The number of rotatable bonds is 4. The van der Waals surface area contributed by atoms with E-state index in [9.17, 15) is 4.79 Å². The lowest BCUT2D eigenvalue weighted by molar-refractivity contribution is -0.121. The molecule has 86 valence electrons. The standard InChI is InChI=1S/C11H19NO2S/c13-11(10-8-15-7-5-12-10)4-3-9-2-1-6-14-9/h9-10,12H,1-8H2. The van der Waals surface area contributed by atoms with E-state index in [1.807, 2.05) is 11.8 Å². The van der Waals surface area contributed by atoms with Crippen molar-refractivity contribution in [3.8, 4) is 0 Å². The molecule has 4 heteroatoms. The minimum atomic E-state index is 0.102. The van der Waals surface area contributed by atoms with E-state index >= 15 is 0 Å². The number of ether oxygens (including phenoxy) is 1. The number of thioether (sulfide) groups is 1. The minimum Gasteiger partial charge on any atom is -0.378 e. The van der Waals surface area contributed by atoms with E-state index in [2.05, 4.69) is 5.32 Å². The number of ketones is 1. The van der Waals surface area contributed by atoms with E-state index in [0.717, 1.165) is 43.9 Å². The summed E-state index contributed by atoms with van der Waals surface area (Å²) in [5.41, 5.74) is 0. The van der Waals surface area contributed by atoms with Crippen molar-refractivity contribution >= 4 is 17.5 Å². The summed E-state index contributed by atoms with van der Waals surface area (Å²) in [4.78, 5) is 11.8. The van der Waals surface area contributed by atoms with Gasteiger partial charge in [0.1, 0.15) is 0 Å². The molecule has 0 aliphatic carbocycles. The molecule has 15 heavy (non-hydrogen) atoms. The van der Waals surface area contributed by atoms with Crippen LogP contribution in [0.2, 0.25) is 0 Å². The van der Waals surface area contributed by atoms with Crippen molar-refractivity contribution in [2.24, 2.45) is 0 Å². The molecule has 2 fully saturated rings. The van der Waals surface area contributed by atoms with E-state index in [0.29, 0.717) is 18.3 Å². The van der Waals surface area contributed by atoms with Gasteiger partial charge in [0.05, 0.1) is 12.1 Å². The highest BCUT2D eigenvalue weighted by Gasteiger charge is 2.23. The molecular weight excluding hydrogens is 210 g/mol. The largest absolute Gasteiger partial charge is 0.378 e. The zero-order chi connectivity index (χ0) is 10.5. The van der Waals surface area contributed by atoms with Gasteiger partial charge in [-0.2, -0.15) is 11.8 Å². The molecule has 2 saturated heterocycles. The molecular formula is C11H19NO2S. The monoisotopic (exact) mass is 229 g/mol. The second-order valence-corrected chi connectivity index (χ2v) is 5.37. The second-order valence-electron chi connectivity index (χ2n) is 4.22. The fourth-order valence-corrected chi connectivity index (χ4v) is 3.09. The van der Waals surface area contributed by atoms with E-state index in [1.165, 1.54) is 0 Å². The fourth-order valence-electron chi connectivity index (χ4n) is 2.12. The van der Waals surface area contributed by atoms with Gasteiger partial charge in [-0.25, -0.2) is 0 Å². The first-order chi connectivity index (χ1) is 7.36. The normalized spacial score (nSPS) is 31.7. The van der Waals surface area contributed by atoms with E-state index in [4.69, 9.17) is 4.74 Å². The number of hydrogen-bond donors (Lipinski definition) is 1. The molecule has 2 aliphatic rings. The molecule has 2 rings (SSSR count). The Morgan fingerprint density at radius 2 is 2.47 bits per heavy atom. The summed E-state index contributed by atoms with van der Waals surface area (Å²) < 4.78 is 5.51. The minimum absolute atomic E-state index is 0.102. The van der Waals surface area contributed by atoms with Gasteiger partial charge in [0.25, 0.3) is 0 Å². The Kier molecular flexibility index (Phi) is 4.47. The maximum Gasteiger partial charge on any atom is 0.150 e. The topological polar surface area (TPSA) is 38.3 Å². The first-order valence-electron chi connectivity index (χ1n) is 5.82. The maximum atomic E-state index is 11.8. The zero-order valence-corrected chi connectivity index (χ0v) is 9.85. The number of carbonyl (C=O) groups excluding carboxylic acids is 1. The predicted molar refractivity (Wildman–Crippen MR) is 62.3 cm³/mol. The van der Waals surface area contributed by atoms with Gasteiger partial charge < -0.3 is 10.1 Å². The maximum absolute atomic E-state index is 11.8. The SMILES string of the molecule is O=C(CCC1CCCO1)C1CSCCN1. The van der Waals surface area contributed by atoms with Crippen LogP contribution in [-0.4, -0.2) is 42.6 Å². The lowest BCUT2D eigenvalue weighted by Gasteiger charge is -2.22. The van der Waals surface area contributed by atoms with Gasteiger partial charge in [-0.3, -0.25) is 4.79 Å². The smallest absolute Gasteiger partial charge is 0.150 e. The van der Waals surface area contributed by atoms with Crippen LogP contribution in [-0.2, 0) is 9.53 Å². The summed E-state index contributed by atoms with van der Waals surface area (Å²) in [5, 5.41) is 3.28. The van der Waals surface area contributed by atoms with Crippen molar-refractivity contribution in [2.75, 3.05) is 24.7 Å². The molecule has 3 nitrogen and oxygen atoms in total. The first kappa shape index (κ1) is 11.4. The Bertz CT molecular complexity index is 211. The van der Waals surface area contributed by atoms with Crippen molar-refractivity contribution in [1.29, 1.82) is 0 Å². The molecule has 2 heterocycles. The first-order valence-corrected chi connectivity index (χ1v) is 6.97. The van der Waals surface area contributed by atoms with E-state index in [1.54, 1.807) is 0 Å². The summed E-state index contributed by atoms with van der Waals surface area (Å²) in [5.74, 6) is 2.46. The number of carbonyl (C=O) groups is 1. The Morgan fingerprint density at radius 1 is 1.53 bits per heavy atom. The number of nitrogens with one attached hydrogen (secondary N) is 1. The molecule has 1 N–H and O–H groups in total. The molecule has 0 aromatic rings. The highest BCUT2D eigenvalue weighted by molar-refractivity contribution is 7.99. The van der Waals surface area contributed by atoms with Crippen LogP contribution >= 0.6 is 11.8 Å². The second kappa shape index (κ2) is 5.87. The van der Waals surface area contributed by atoms with Crippen LogP contribution in [0.25, 0.3) is 0 Å². The average molecular weight is 229 g/mol. The quantitative estimate of drug-likeness (QED) is 0.786. The number of Topliss-reactive ketones (excluding diaryl/α,β-unsaturated/α-hetero) is 1. The Balaban J connectivity index is 1.66. The number of hydrogen-bond acceptors (Lipinski definition) is 4. The summed E-state index contributed by atoms with van der Waals surface area (Å²) in [6, 6.07) is 0.102. The van der Waals surface area contributed by atoms with Gasteiger partial charge in [-0.15, -0.1) is 0 Å². The van der Waals surface area contributed by atoms with Gasteiger partial charge in [-0.1, -0.05) is 0 Å². The van der Waals surface area contributed by atoms with Crippen LogP contribution < -0.4 is 5.32 Å².